The molecule has 0 radical (unpaired) electrons. The zero-order valence-electron chi connectivity index (χ0n) is 9.79. The van der Waals surface area contributed by atoms with E-state index >= 15 is 0 Å². The first kappa shape index (κ1) is 11.0. The lowest BCUT2D eigenvalue weighted by atomic mass is 10.2. The molecule has 0 unspecified atom stereocenters. The van der Waals surface area contributed by atoms with Crippen LogP contribution in [0.25, 0.3) is 0 Å². The van der Waals surface area contributed by atoms with Gasteiger partial charge in [-0.25, -0.2) is 13.1 Å². The number of rotatable bonds is 3. The maximum absolute atomic E-state index is 12.2. The average molecular weight is 252 g/mol. The fraction of sp³-hybridized carbons (Fsp3) is 0.500. The number of nitrogens with one attached hydrogen (secondary N) is 2. The first-order valence-electron chi connectivity index (χ1n) is 5.89. The molecule has 1 fully saturated rings. The Labute approximate surface area is 101 Å². The molecule has 0 aromatic heterocycles. The van der Waals surface area contributed by atoms with Crippen LogP contribution in [-0.2, 0) is 16.4 Å². The van der Waals surface area contributed by atoms with Crippen LogP contribution in [0.5, 0.6) is 0 Å². The number of hydrogen-bond acceptors (Lipinski definition) is 3. The van der Waals surface area contributed by atoms with Crippen molar-refractivity contribution in [2.24, 2.45) is 0 Å². The van der Waals surface area contributed by atoms with E-state index in [-0.39, 0.29) is 5.54 Å². The summed E-state index contributed by atoms with van der Waals surface area (Å²) in [6, 6.07) is 5.31. The Kier molecular flexibility index (Phi) is 2.25. The highest BCUT2D eigenvalue weighted by atomic mass is 32.2. The van der Waals surface area contributed by atoms with Crippen molar-refractivity contribution in [3.63, 3.8) is 0 Å². The van der Waals surface area contributed by atoms with Crippen molar-refractivity contribution in [3.8, 4) is 0 Å². The Balaban J connectivity index is 1.93. The Morgan fingerprint density at radius 1 is 1.35 bits per heavy atom. The van der Waals surface area contributed by atoms with Crippen molar-refractivity contribution in [1.82, 2.24) is 4.72 Å². The van der Waals surface area contributed by atoms with Gasteiger partial charge in [-0.15, -0.1) is 0 Å². The summed E-state index contributed by atoms with van der Waals surface area (Å²) in [6.07, 6.45) is 2.76. The van der Waals surface area contributed by atoms with E-state index in [0.29, 0.717) is 4.90 Å². The molecule has 0 bridgehead atoms. The van der Waals surface area contributed by atoms with E-state index in [1.54, 1.807) is 12.1 Å². The van der Waals surface area contributed by atoms with Gasteiger partial charge < -0.3 is 5.32 Å². The van der Waals surface area contributed by atoms with Gasteiger partial charge in [0.05, 0.1) is 4.90 Å². The summed E-state index contributed by atoms with van der Waals surface area (Å²) < 4.78 is 27.1. The van der Waals surface area contributed by atoms with Crippen molar-refractivity contribution < 1.29 is 8.42 Å². The summed E-state index contributed by atoms with van der Waals surface area (Å²) in [5.74, 6) is 0. The fourth-order valence-corrected chi connectivity index (χ4v) is 3.64. The molecule has 92 valence electrons. The molecule has 2 N–H and O–H groups in total. The molecule has 17 heavy (non-hydrogen) atoms. The second-order valence-electron chi connectivity index (χ2n) is 5.16. The summed E-state index contributed by atoms with van der Waals surface area (Å²) >= 11 is 0. The molecule has 3 rings (SSSR count). The lowest BCUT2D eigenvalue weighted by Crippen LogP contribution is -2.34. The van der Waals surface area contributed by atoms with Crippen LogP contribution in [0.1, 0.15) is 25.3 Å². The van der Waals surface area contributed by atoms with Crippen LogP contribution in [0.2, 0.25) is 0 Å². The number of benzene rings is 1. The van der Waals surface area contributed by atoms with Crippen molar-refractivity contribution in [2.75, 3.05) is 11.9 Å². The van der Waals surface area contributed by atoms with Crippen LogP contribution in [0.4, 0.5) is 5.69 Å². The Morgan fingerprint density at radius 3 is 2.82 bits per heavy atom. The van der Waals surface area contributed by atoms with Gasteiger partial charge in [0.15, 0.2) is 0 Å². The van der Waals surface area contributed by atoms with Gasteiger partial charge in [-0.2, -0.15) is 0 Å². The van der Waals surface area contributed by atoms with Crippen molar-refractivity contribution in [2.45, 2.75) is 36.6 Å². The lowest BCUT2D eigenvalue weighted by Gasteiger charge is -2.12. The predicted molar refractivity (Wildman–Crippen MR) is 66.6 cm³/mol. The third kappa shape index (κ3) is 2.05. The normalized spacial score (nSPS) is 20.8. The Morgan fingerprint density at radius 2 is 2.12 bits per heavy atom. The first-order chi connectivity index (χ1) is 7.99. The summed E-state index contributed by atoms with van der Waals surface area (Å²) in [5, 5.41) is 3.22. The van der Waals surface area contributed by atoms with Gasteiger partial charge in [-0.05, 0) is 49.9 Å². The smallest absolute Gasteiger partial charge is 0.241 e. The fourth-order valence-electron chi connectivity index (χ4n) is 2.12. The van der Waals surface area contributed by atoms with E-state index in [1.165, 1.54) is 0 Å². The van der Waals surface area contributed by atoms with E-state index in [0.717, 1.165) is 37.1 Å². The molecule has 0 saturated heterocycles. The minimum Gasteiger partial charge on any atom is -0.384 e. The average Bonchev–Trinajstić information content (AvgIpc) is 2.81. The molecule has 1 aliphatic carbocycles. The zero-order chi connectivity index (χ0) is 12.1. The molecule has 1 heterocycles. The van der Waals surface area contributed by atoms with Gasteiger partial charge in [-0.1, -0.05) is 0 Å². The summed E-state index contributed by atoms with van der Waals surface area (Å²) in [6.45, 7) is 2.84. The standard InChI is InChI=1S/C12H16N2O2S/c1-12(5-6-12)14-17(15,16)10-2-3-11-9(8-10)4-7-13-11/h2-3,8,13-14H,4-7H2,1H3. The first-order valence-corrected chi connectivity index (χ1v) is 7.38. The highest BCUT2D eigenvalue weighted by Gasteiger charge is 2.41. The predicted octanol–water partition coefficient (Wildman–Crippen LogP) is 1.49. The summed E-state index contributed by atoms with van der Waals surface area (Å²) in [7, 11) is -3.35. The highest BCUT2D eigenvalue weighted by molar-refractivity contribution is 7.89. The van der Waals surface area contributed by atoms with E-state index in [2.05, 4.69) is 10.0 Å². The maximum Gasteiger partial charge on any atom is 0.241 e. The number of fused-ring (bicyclic) bond motifs is 1. The number of sulfonamides is 1. The van der Waals surface area contributed by atoms with E-state index in [4.69, 9.17) is 0 Å². The Hall–Kier alpha value is -1.07. The summed E-state index contributed by atoms with van der Waals surface area (Å²) in [4.78, 5) is 0.382. The number of anilines is 1. The second-order valence-corrected chi connectivity index (χ2v) is 6.84. The van der Waals surface area contributed by atoms with Crippen LogP contribution < -0.4 is 10.0 Å². The highest BCUT2D eigenvalue weighted by Crippen LogP contribution is 2.36. The maximum atomic E-state index is 12.2. The molecule has 1 aromatic rings. The topological polar surface area (TPSA) is 58.2 Å². The van der Waals surface area contributed by atoms with Crippen LogP contribution in [0.15, 0.2) is 23.1 Å². The van der Waals surface area contributed by atoms with Gasteiger partial charge in [0.2, 0.25) is 10.0 Å². The molecule has 1 saturated carbocycles. The van der Waals surface area contributed by atoms with Crippen molar-refractivity contribution >= 4 is 15.7 Å². The molecule has 1 aromatic carbocycles. The summed E-state index contributed by atoms with van der Waals surface area (Å²) in [5.41, 5.74) is 1.94. The van der Waals surface area contributed by atoms with Gasteiger partial charge in [-0.3, -0.25) is 0 Å². The minimum absolute atomic E-state index is 0.212. The third-order valence-corrected chi connectivity index (χ3v) is 5.11. The van der Waals surface area contributed by atoms with E-state index < -0.39 is 10.0 Å². The van der Waals surface area contributed by atoms with Gasteiger partial charge in [0.25, 0.3) is 0 Å². The SMILES string of the molecule is CC1(NS(=O)(=O)c2ccc3c(c2)CCN3)CC1. The van der Waals surface area contributed by atoms with E-state index in [1.807, 2.05) is 13.0 Å². The second kappa shape index (κ2) is 3.46. The van der Waals surface area contributed by atoms with Crippen LogP contribution >= 0.6 is 0 Å². The van der Waals surface area contributed by atoms with Crippen molar-refractivity contribution in [3.05, 3.63) is 23.8 Å². The van der Waals surface area contributed by atoms with Crippen molar-refractivity contribution in [1.29, 1.82) is 0 Å². The van der Waals surface area contributed by atoms with Gasteiger partial charge in [0.1, 0.15) is 0 Å². The third-order valence-electron chi connectivity index (χ3n) is 3.48. The molecular weight excluding hydrogens is 236 g/mol. The largest absolute Gasteiger partial charge is 0.384 e. The molecule has 5 heteroatoms. The zero-order valence-corrected chi connectivity index (χ0v) is 10.6. The molecule has 0 atom stereocenters. The molecule has 0 amide bonds. The molecule has 4 nitrogen and oxygen atoms in total. The molecule has 0 spiro atoms. The lowest BCUT2D eigenvalue weighted by molar-refractivity contribution is 0.558. The monoisotopic (exact) mass is 252 g/mol. The molecule has 2 aliphatic rings. The van der Waals surface area contributed by atoms with Crippen LogP contribution in [0.3, 0.4) is 0 Å². The van der Waals surface area contributed by atoms with Gasteiger partial charge in [0, 0.05) is 17.8 Å². The number of hydrogen-bond donors (Lipinski definition) is 2. The van der Waals surface area contributed by atoms with Crippen LogP contribution in [-0.4, -0.2) is 20.5 Å². The quantitative estimate of drug-likeness (QED) is 0.857. The Bertz CT molecular complexity index is 562. The van der Waals surface area contributed by atoms with Crippen LogP contribution in [0, 0.1) is 0 Å². The minimum atomic E-state index is -3.35. The van der Waals surface area contributed by atoms with Gasteiger partial charge >= 0.3 is 0 Å². The molecular formula is C12H16N2O2S. The van der Waals surface area contributed by atoms with E-state index in [9.17, 15) is 8.42 Å². The molecule has 1 aliphatic heterocycles.